The predicted molar refractivity (Wildman–Crippen MR) is 85.8 cm³/mol. The van der Waals surface area contributed by atoms with Crippen LogP contribution in [0.5, 0.6) is 0 Å². The second-order valence-corrected chi connectivity index (χ2v) is 13.8. The zero-order valence-electron chi connectivity index (χ0n) is 13.7. The summed E-state index contributed by atoms with van der Waals surface area (Å²) in [5.74, 6) is -0.332. The van der Waals surface area contributed by atoms with Crippen molar-refractivity contribution in [1.82, 2.24) is 4.90 Å². The van der Waals surface area contributed by atoms with Crippen LogP contribution < -0.4 is 5.14 Å². The minimum Gasteiger partial charge on any atom is -0.415 e. The van der Waals surface area contributed by atoms with Crippen LogP contribution in [0.3, 0.4) is 0 Å². The molecule has 1 saturated heterocycles. The maximum atomic E-state index is 11.9. The number of hydrogen-bond acceptors (Lipinski definition) is 4. The highest BCUT2D eigenvalue weighted by Gasteiger charge is 2.37. The van der Waals surface area contributed by atoms with Crippen LogP contribution in [0.25, 0.3) is 0 Å². The van der Waals surface area contributed by atoms with Crippen LogP contribution in [0.2, 0.25) is 18.1 Å². The predicted octanol–water partition coefficient (Wildman–Crippen LogP) is 1.15. The smallest absolute Gasteiger partial charge is 0.223 e. The van der Waals surface area contributed by atoms with Crippen LogP contribution in [-0.4, -0.2) is 53.0 Å². The monoisotopic (exact) mass is 336 g/mol. The number of likely N-dealkylation sites (tertiary alicyclic amines) is 1. The van der Waals surface area contributed by atoms with Crippen molar-refractivity contribution < 1.29 is 17.6 Å². The molecule has 1 heterocycles. The maximum absolute atomic E-state index is 11.9. The Bertz CT molecular complexity index is 485. The SMILES string of the molecule is CC(C)(C)[Si](C)(C)OCCN1CC(CS(N)(=O)=O)CC1=O. The third-order valence-corrected chi connectivity index (χ3v) is 9.87. The Balaban J connectivity index is 2.45. The molecule has 124 valence electrons. The molecule has 1 aliphatic rings. The highest BCUT2D eigenvalue weighted by atomic mass is 32.2. The summed E-state index contributed by atoms with van der Waals surface area (Å²) in [6.45, 7) is 12.3. The molecule has 6 nitrogen and oxygen atoms in total. The second-order valence-electron chi connectivity index (χ2n) is 7.35. The van der Waals surface area contributed by atoms with E-state index in [2.05, 4.69) is 33.9 Å². The summed E-state index contributed by atoms with van der Waals surface area (Å²) in [6, 6.07) is 0. The molecule has 0 aromatic heterocycles. The lowest BCUT2D eigenvalue weighted by atomic mass is 10.1. The fraction of sp³-hybridized carbons (Fsp3) is 0.923. The first-order valence-corrected chi connectivity index (χ1v) is 11.9. The Labute approximate surface area is 129 Å². The van der Waals surface area contributed by atoms with Gasteiger partial charge in [0.2, 0.25) is 15.9 Å². The van der Waals surface area contributed by atoms with Crippen molar-refractivity contribution in [2.24, 2.45) is 11.1 Å². The number of primary sulfonamides is 1. The fourth-order valence-electron chi connectivity index (χ4n) is 2.14. The summed E-state index contributed by atoms with van der Waals surface area (Å²) >= 11 is 0. The lowest BCUT2D eigenvalue weighted by molar-refractivity contribution is -0.128. The largest absolute Gasteiger partial charge is 0.415 e. The van der Waals surface area contributed by atoms with Crippen LogP contribution in [0.4, 0.5) is 0 Å². The number of hydrogen-bond donors (Lipinski definition) is 1. The quantitative estimate of drug-likeness (QED) is 0.737. The van der Waals surface area contributed by atoms with Crippen molar-refractivity contribution in [2.45, 2.75) is 45.3 Å². The van der Waals surface area contributed by atoms with E-state index in [1.807, 2.05) is 0 Å². The molecule has 1 rings (SSSR count). The minimum absolute atomic E-state index is 0.0116. The molecule has 0 bridgehead atoms. The Morgan fingerprint density at radius 2 is 1.95 bits per heavy atom. The normalized spacial score (nSPS) is 21.1. The van der Waals surface area contributed by atoms with E-state index in [1.54, 1.807) is 4.90 Å². The molecule has 8 heteroatoms. The lowest BCUT2D eigenvalue weighted by Crippen LogP contribution is -2.43. The van der Waals surface area contributed by atoms with Gasteiger partial charge in [0.25, 0.3) is 0 Å². The van der Waals surface area contributed by atoms with Gasteiger partial charge in [0.1, 0.15) is 0 Å². The molecule has 0 aliphatic carbocycles. The molecule has 1 fully saturated rings. The van der Waals surface area contributed by atoms with Crippen LogP contribution in [0, 0.1) is 5.92 Å². The zero-order chi connectivity index (χ0) is 16.5. The van der Waals surface area contributed by atoms with Crippen molar-refractivity contribution in [1.29, 1.82) is 0 Å². The number of carbonyl (C=O) groups is 1. The van der Waals surface area contributed by atoms with Crippen molar-refractivity contribution in [3.63, 3.8) is 0 Å². The molecule has 0 aromatic rings. The molecule has 2 N–H and O–H groups in total. The third kappa shape index (κ3) is 5.69. The van der Waals surface area contributed by atoms with Gasteiger partial charge < -0.3 is 9.33 Å². The number of rotatable bonds is 6. The Morgan fingerprint density at radius 1 is 1.38 bits per heavy atom. The van der Waals surface area contributed by atoms with Gasteiger partial charge in [0, 0.05) is 25.4 Å². The molecule has 0 spiro atoms. The fourth-order valence-corrected chi connectivity index (χ4v) is 4.05. The van der Waals surface area contributed by atoms with Crippen LogP contribution >= 0.6 is 0 Å². The Kier molecular flexibility index (Phi) is 5.63. The van der Waals surface area contributed by atoms with Gasteiger partial charge >= 0.3 is 0 Å². The number of nitrogens with two attached hydrogens (primary N) is 1. The van der Waals surface area contributed by atoms with E-state index in [0.29, 0.717) is 19.7 Å². The van der Waals surface area contributed by atoms with Gasteiger partial charge in [-0.15, -0.1) is 0 Å². The lowest BCUT2D eigenvalue weighted by Gasteiger charge is -2.36. The molecule has 0 saturated carbocycles. The van der Waals surface area contributed by atoms with E-state index in [9.17, 15) is 13.2 Å². The molecule has 1 unspecified atom stereocenters. The van der Waals surface area contributed by atoms with Gasteiger partial charge in [0.15, 0.2) is 8.32 Å². The number of nitrogens with zero attached hydrogens (tertiary/aromatic N) is 1. The van der Waals surface area contributed by atoms with Crippen molar-refractivity contribution in [3.05, 3.63) is 0 Å². The van der Waals surface area contributed by atoms with Gasteiger partial charge in [-0.2, -0.15) is 0 Å². The van der Waals surface area contributed by atoms with E-state index >= 15 is 0 Å². The first-order chi connectivity index (χ1) is 9.32. The van der Waals surface area contributed by atoms with E-state index in [4.69, 9.17) is 9.56 Å². The minimum atomic E-state index is -3.52. The highest BCUT2D eigenvalue weighted by molar-refractivity contribution is 7.89. The van der Waals surface area contributed by atoms with E-state index < -0.39 is 18.3 Å². The first kappa shape index (κ1) is 18.6. The number of amides is 1. The summed E-state index contributed by atoms with van der Waals surface area (Å²) in [7, 11) is -5.33. The van der Waals surface area contributed by atoms with E-state index in [0.717, 1.165) is 0 Å². The highest BCUT2D eigenvalue weighted by Crippen LogP contribution is 2.36. The molecule has 1 aliphatic heterocycles. The molecule has 21 heavy (non-hydrogen) atoms. The van der Waals surface area contributed by atoms with Crippen molar-refractivity contribution in [2.75, 3.05) is 25.4 Å². The average molecular weight is 337 g/mol. The summed E-state index contributed by atoms with van der Waals surface area (Å²) < 4.78 is 28.2. The molecule has 0 aromatic carbocycles. The van der Waals surface area contributed by atoms with Gasteiger partial charge in [-0.05, 0) is 18.1 Å². The Morgan fingerprint density at radius 3 is 2.43 bits per heavy atom. The second kappa shape index (κ2) is 6.35. The summed E-state index contributed by atoms with van der Waals surface area (Å²) in [5.41, 5.74) is 0. The topological polar surface area (TPSA) is 89.7 Å². The van der Waals surface area contributed by atoms with Crippen LogP contribution in [0.15, 0.2) is 0 Å². The van der Waals surface area contributed by atoms with Crippen molar-refractivity contribution >= 4 is 24.2 Å². The zero-order valence-corrected chi connectivity index (χ0v) is 15.5. The first-order valence-electron chi connectivity index (χ1n) is 7.24. The van der Waals surface area contributed by atoms with Crippen LogP contribution in [-0.2, 0) is 19.2 Å². The summed E-state index contributed by atoms with van der Waals surface area (Å²) in [5, 5.41) is 5.17. The van der Waals surface area contributed by atoms with E-state index in [1.165, 1.54) is 0 Å². The van der Waals surface area contributed by atoms with Gasteiger partial charge in [-0.3, -0.25) is 4.79 Å². The maximum Gasteiger partial charge on any atom is 0.223 e. The Hall–Kier alpha value is -0.443. The van der Waals surface area contributed by atoms with E-state index in [-0.39, 0.29) is 29.0 Å². The standard InChI is InChI=1S/C13H28N2O4SSi/c1-13(2,3)21(4,5)19-7-6-15-9-11(8-12(15)16)10-20(14,17)18/h11H,6-10H2,1-5H3,(H2,14,17,18). The van der Waals surface area contributed by atoms with Gasteiger partial charge in [-0.1, -0.05) is 20.8 Å². The molecule has 1 atom stereocenters. The summed E-state index contributed by atoms with van der Waals surface area (Å²) in [6.07, 6.45) is 0.260. The van der Waals surface area contributed by atoms with Gasteiger partial charge in [-0.25, -0.2) is 13.6 Å². The van der Waals surface area contributed by atoms with Gasteiger partial charge in [0.05, 0.1) is 12.4 Å². The van der Waals surface area contributed by atoms with Crippen LogP contribution in [0.1, 0.15) is 27.2 Å². The third-order valence-electron chi connectivity index (χ3n) is 4.39. The number of sulfonamides is 1. The average Bonchev–Trinajstić information content (AvgIpc) is 2.54. The molecule has 1 amide bonds. The molecule has 0 radical (unpaired) electrons. The van der Waals surface area contributed by atoms with Crippen molar-refractivity contribution in [3.8, 4) is 0 Å². The summed E-state index contributed by atoms with van der Waals surface area (Å²) in [4.78, 5) is 13.6. The number of carbonyl (C=O) groups excluding carboxylic acids is 1. The molecular formula is C13H28N2O4SSi. The molecular weight excluding hydrogens is 308 g/mol.